The Morgan fingerprint density at radius 3 is 1.91 bits per heavy atom. The summed E-state index contributed by atoms with van der Waals surface area (Å²) in [6, 6.07) is 0. The lowest BCUT2D eigenvalue weighted by molar-refractivity contribution is 0.345. The third-order valence-electron chi connectivity index (χ3n) is 1.54. The van der Waals surface area contributed by atoms with E-state index >= 15 is 0 Å². The van der Waals surface area contributed by atoms with E-state index in [-0.39, 0.29) is 5.54 Å². The Morgan fingerprint density at radius 1 is 1.36 bits per heavy atom. The van der Waals surface area contributed by atoms with Crippen molar-refractivity contribution in [2.24, 2.45) is 0 Å². The second-order valence-electron chi connectivity index (χ2n) is 3.56. The molecule has 1 aliphatic rings. The van der Waals surface area contributed by atoms with Crippen LogP contribution in [0.4, 0.5) is 0 Å². The molecule has 0 amide bonds. The zero-order chi connectivity index (χ0) is 8.86. The van der Waals surface area contributed by atoms with Gasteiger partial charge in [-0.2, -0.15) is 0 Å². The first-order valence-corrected chi connectivity index (χ1v) is 10.2. The van der Waals surface area contributed by atoms with Crippen molar-refractivity contribution in [3.8, 4) is 0 Å². The average molecular weight is 250 g/mol. The molecular weight excluding hydrogens is 239 g/mol. The number of nitrogens with one attached hydrogen (secondary N) is 1. The van der Waals surface area contributed by atoms with E-state index in [4.69, 9.17) is 33.2 Å². The quantitative estimate of drug-likeness (QED) is 0.518. The van der Waals surface area contributed by atoms with Crippen molar-refractivity contribution in [1.29, 1.82) is 0 Å². The Labute approximate surface area is 83.8 Å². The van der Waals surface area contributed by atoms with Gasteiger partial charge in [-0.25, -0.2) is 0 Å². The summed E-state index contributed by atoms with van der Waals surface area (Å²) in [5.41, 5.74) is -0.000386. The summed E-state index contributed by atoms with van der Waals surface area (Å²) in [5, 5.41) is 0. The van der Waals surface area contributed by atoms with Gasteiger partial charge in [0.1, 0.15) is 0 Å². The van der Waals surface area contributed by atoms with Crippen LogP contribution in [0, 0.1) is 0 Å². The largest absolute Gasteiger partial charge is 0.396 e. The molecule has 1 atom stereocenters. The van der Waals surface area contributed by atoms with Crippen LogP contribution in [0.15, 0.2) is 0 Å². The fraction of sp³-hybridized carbons (Fsp3) is 1.00. The van der Waals surface area contributed by atoms with E-state index in [1.807, 2.05) is 0 Å². The molecule has 1 fully saturated rings. The van der Waals surface area contributed by atoms with Crippen LogP contribution in [-0.4, -0.2) is 25.2 Å². The number of rotatable bonds is 0. The lowest BCUT2D eigenvalue weighted by Crippen LogP contribution is -2.82. The molecule has 0 radical (unpaired) electrons. The minimum absolute atomic E-state index is 0.000386. The van der Waals surface area contributed by atoms with E-state index in [2.05, 4.69) is 29.7 Å². The molecule has 1 unspecified atom stereocenters. The van der Waals surface area contributed by atoms with Gasteiger partial charge in [-0.15, -0.1) is 33.2 Å². The summed E-state index contributed by atoms with van der Waals surface area (Å²) >= 11 is 18.0. The van der Waals surface area contributed by atoms with Crippen molar-refractivity contribution >= 4 is 48.7 Å². The van der Waals surface area contributed by atoms with Crippen LogP contribution in [0.1, 0.15) is 20.8 Å². The predicted octanol–water partition coefficient (Wildman–Crippen LogP) is 1.56. The zero-order valence-electron chi connectivity index (χ0n) is 6.66. The Kier molecular flexibility index (Phi) is 2.69. The Hall–Kier alpha value is 1.22. The maximum absolute atomic E-state index is 6.02. The first-order chi connectivity index (χ1) is 4.75. The molecule has 0 aliphatic carbocycles. The highest BCUT2D eigenvalue weighted by atomic mass is 35.7. The third kappa shape index (κ3) is 1.93. The monoisotopic (exact) mass is 248 g/mol. The minimum Gasteiger partial charge on any atom is -0.301 e. The van der Waals surface area contributed by atoms with Crippen molar-refractivity contribution in [3.05, 3.63) is 0 Å². The molecule has 0 aromatic carbocycles. The van der Waals surface area contributed by atoms with Gasteiger partial charge in [0.15, 0.2) is 0 Å². The highest BCUT2D eigenvalue weighted by Gasteiger charge is 2.57. The van der Waals surface area contributed by atoms with E-state index in [1.165, 1.54) is 0 Å². The summed E-state index contributed by atoms with van der Waals surface area (Å²) < 4.78 is 5.10. The van der Waals surface area contributed by atoms with E-state index in [1.54, 1.807) is 0 Å². The van der Waals surface area contributed by atoms with Gasteiger partial charge in [0.2, 0.25) is 0 Å². The zero-order valence-corrected chi connectivity index (χ0v) is 11.1. The van der Waals surface area contributed by atoms with Gasteiger partial charge in [-0.1, -0.05) is 0 Å². The SMILES string of the molecule is CC(C)(C)N1[SiH](Cl)N[Si]1(Cl)Cl. The summed E-state index contributed by atoms with van der Waals surface area (Å²) in [4.78, 5) is 0. The van der Waals surface area contributed by atoms with Crippen LogP contribution in [0.25, 0.3) is 0 Å². The van der Waals surface area contributed by atoms with Gasteiger partial charge in [0.05, 0.1) is 0 Å². The predicted molar refractivity (Wildman–Crippen MR) is 55.2 cm³/mol. The maximum Gasteiger partial charge on any atom is 0.396 e. The van der Waals surface area contributed by atoms with E-state index < -0.39 is 15.4 Å². The molecule has 1 rings (SSSR count). The smallest absolute Gasteiger partial charge is 0.301 e. The third-order valence-corrected chi connectivity index (χ3v) is 14.4. The second kappa shape index (κ2) is 2.87. The normalized spacial score (nSPS) is 31.6. The molecule has 1 saturated heterocycles. The van der Waals surface area contributed by atoms with Crippen molar-refractivity contribution in [2.75, 3.05) is 0 Å². The van der Waals surface area contributed by atoms with Gasteiger partial charge in [0.25, 0.3) is 8.43 Å². The van der Waals surface area contributed by atoms with Gasteiger partial charge in [0, 0.05) is 5.54 Å². The van der Waals surface area contributed by atoms with Crippen LogP contribution in [-0.2, 0) is 0 Å². The van der Waals surface area contributed by atoms with Crippen LogP contribution in [0.5, 0.6) is 0 Å². The van der Waals surface area contributed by atoms with Gasteiger partial charge >= 0.3 is 7.02 Å². The topological polar surface area (TPSA) is 15.3 Å². The van der Waals surface area contributed by atoms with Crippen LogP contribution >= 0.6 is 33.2 Å². The Morgan fingerprint density at radius 2 is 1.82 bits per heavy atom. The van der Waals surface area contributed by atoms with Crippen LogP contribution in [0.3, 0.4) is 0 Å². The molecule has 0 spiro atoms. The first kappa shape index (κ1) is 10.3. The molecule has 0 saturated carbocycles. The molecule has 7 heteroatoms. The molecule has 66 valence electrons. The first-order valence-electron chi connectivity index (χ1n) is 3.34. The molecule has 1 aliphatic heterocycles. The molecule has 1 heterocycles. The van der Waals surface area contributed by atoms with Crippen molar-refractivity contribution < 1.29 is 0 Å². The van der Waals surface area contributed by atoms with E-state index in [9.17, 15) is 0 Å². The highest BCUT2D eigenvalue weighted by molar-refractivity contribution is 7.51. The summed E-state index contributed by atoms with van der Waals surface area (Å²) in [5.74, 6) is 0. The standard InChI is InChI=1S/C4H11Cl3N2Si2/c1-4(2,3)9-10(5)8-11(9,6)7/h8,10H,1-3H3. The Bertz CT molecular complexity index is 159. The summed E-state index contributed by atoms with van der Waals surface area (Å²) in [6.07, 6.45) is 0. The lowest BCUT2D eigenvalue weighted by atomic mass is 10.1. The fourth-order valence-electron chi connectivity index (χ4n) is 1.11. The number of halogens is 3. The molecule has 11 heavy (non-hydrogen) atoms. The second-order valence-corrected chi connectivity index (χ2v) is 13.1. The van der Waals surface area contributed by atoms with Crippen molar-refractivity contribution in [1.82, 2.24) is 8.88 Å². The van der Waals surface area contributed by atoms with Crippen LogP contribution < -0.4 is 4.65 Å². The van der Waals surface area contributed by atoms with Crippen molar-refractivity contribution in [3.63, 3.8) is 0 Å². The number of hydrogen-bond acceptors (Lipinski definition) is 2. The minimum atomic E-state index is -2.32. The van der Waals surface area contributed by atoms with Gasteiger partial charge in [-0.05, 0) is 20.8 Å². The maximum atomic E-state index is 6.02. The van der Waals surface area contributed by atoms with Gasteiger partial charge < -0.3 is 4.65 Å². The average Bonchev–Trinajstić information content (AvgIpc) is 1.54. The van der Waals surface area contributed by atoms with Crippen LogP contribution in [0.2, 0.25) is 0 Å². The Balaban J connectivity index is 2.71. The van der Waals surface area contributed by atoms with E-state index in [0.717, 1.165) is 0 Å². The summed E-state index contributed by atoms with van der Waals surface area (Å²) in [6.45, 7) is 6.22. The van der Waals surface area contributed by atoms with Crippen molar-refractivity contribution in [2.45, 2.75) is 26.3 Å². The fourth-order valence-corrected chi connectivity index (χ4v) is 16.1. The summed E-state index contributed by atoms with van der Waals surface area (Å²) in [7, 11) is -3.80. The molecular formula is C4H11Cl3N2Si2. The number of nitrogens with zero attached hydrogens (tertiary/aromatic N) is 1. The molecule has 2 nitrogen and oxygen atoms in total. The molecule has 1 N–H and O–H groups in total. The van der Waals surface area contributed by atoms with Gasteiger partial charge in [-0.3, -0.25) is 4.23 Å². The lowest BCUT2D eigenvalue weighted by Gasteiger charge is -2.53. The number of hydrogen-bond donors (Lipinski definition) is 1. The molecule has 0 aromatic rings. The molecule has 0 aromatic heterocycles. The van der Waals surface area contributed by atoms with E-state index in [0.29, 0.717) is 0 Å². The highest BCUT2D eigenvalue weighted by Crippen LogP contribution is 2.35. The molecule has 0 bridgehead atoms.